The van der Waals surface area contributed by atoms with Crippen LogP contribution < -0.4 is 4.90 Å². The Morgan fingerprint density at radius 1 is 1.20 bits per heavy atom. The maximum Gasteiger partial charge on any atom is 0.433 e. The highest BCUT2D eigenvalue weighted by Crippen LogP contribution is 2.31. The second kappa shape index (κ2) is 6.50. The van der Waals surface area contributed by atoms with Gasteiger partial charge in [-0.2, -0.15) is 13.2 Å². The van der Waals surface area contributed by atoms with Crippen molar-refractivity contribution in [2.45, 2.75) is 12.7 Å². The van der Waals surface area contributed by atoms with Gasteiger partial charge in [0, 0.05) is 50.5 Å². The van der Waals surface area contributed by atoms with Gasteiger partial charge in [-0.05, 0) is 12.1 Å². The molecule has 3 rings (SSSR count). The van der Waals surface area contributed by atoms with Crippen LogP contribution in [-0.2, 0) is 19.8 Å². The normalized spacial score (nSPS) is 11.6. The lowest BCUT2D eigenvalue weighted by Gasteiger charge is -2.20. The molecule has 0 spiro atoms. The van der Waals surface area contributed by atoms with Crippen molar-refractivity contribution in [1.29, 1.82) is 0 Å². The predicted molar refractivity (Wildman–Crippen MR) is 85.6 cm³/mol. The third-order valence-electron chi connectivity index (χ3n) is 3.61. The van der Waals surface area contributed by atoms with E-state index in [0.29, 0.717) is 17.9 Å². The van der Waals surface area contributed by atoms with E-state index in [4.69, 9.17) is 0 Å². The second-order valence-corrected chi connectivity index (χ2v) is 5.48. The number of rotatable bonds is 4. The van der Waals surface area contributed by atoms with Gasteiger partial charge in [-0.25, -0.2) is 15.0 Å². The Labute approximate surface area is 142 Å². The lowest BCUT2D eigenvalue weighted by molar-refractivity contribution is -0.141. The molecule has 0 unspecified atom stereocenters. The van der Waals surface area contributed by atoms with E-state index in [2.05, 4.69) is 19.9 Å². The Balaban J connectivity index is 2.02. The van der Waals surface area contributed by atoms with Crippen molar-refractivity contribution in [1.82, 2.24) is 24.5 Å². The van der Waals surface area contributed by atoms with Crippen LogP contribution in [0, 0.1) is 0 Å². The molecule has 3 aromatic heterocycles. The minimum Gasteiger partial charge on any atom is -0.352 e. The highest BCUT2D eigenvalue weighted by atomic mass is 19.4. The van der Waals surface area contributed by atoms with Gasteiger partial charge < -0.3 is 9.47 Å². The van der Waals surface area contributed by atoms with Crippen molar-refractivity contribution in [2.24, 2.45) is 7.05 Å². The van der Waals surface area contributed by atoms with Crippen LogP contribution in [0.4, 0.5) is 19.0 Å². The summed E-state index contributed by atoms with van der Waals surface area (Å²) < 4.78 is 41.5. The largest absolute Gasteiger partial charge is 0.433 e. The van der Waals surface area contributed by atoms with Crippen molar-refractivity contribution in [3.63, 3.8) is 0 Å². The zero-order chi connectivity index (χ0) is 18.0. The topological polar surface area (TPSA) is 59.7 Å². The van der Waals surface area contributed by atoms with E-state index in [1.165, 1.54) is 12.4 Å². The first-order valence-electron chi connectivity index (χ1n) is 7.38. The fourth-order valence-corrected chi connectivity index (χ4v) is 2.24. The van der Waals surface area contributed by atoms with E-state index in [1.807, 2.05) is 7.05 Å². The second-order valence-electron chi connectivity index (χ2n) is 5.48. The predicted octanol–water partition coefficient (Wildman–Crippen LogP) is 2.93. The Bertz CT molecular complexity index is 860. The molecule has 0 radical (unpaired) electrons. The van der Waals surface area contributed by atoms with Crippen LogP contribution in [0.3, 0.4) is 0 Å². The Morgan fingerprint density at radius 2 is 2.00 bits per heavy atom. The number of imidazole rings is 1. The quantitative estimate of drug-likeness (QED) is 0.726. The number of aromatic nitrogens is 5. The molecule has 0 fully saturated rings. The van der Waals surface area contributed by atoms with E-state index in [9.17, 15) is 13.2 Å². The van der Waals surface area contributed by atoms with Gasteiger partial charge in [-0.1, -0.05) is 0 Å². The van der Waals surface area contributed by atoms with Crippen LogP contribution in [0.25, 0.3) is 11.4 Å². The summed E-state index contributed by atoms with van der Waals surface area (Å²) in [4.78, 5) is 17.6. The number of aryl methyl sites for hydroxylation is 1. The average Bonchev–Trinajstić information content (AvgIpc) is 2.99. The molecule has 0 saturated carbocycles. The molecule has 0 bridgehead atoms. The zero-order valence-electron chi connectivity index (χ0n) is 13.6. The summed E-state index contributed by atoms with van der Waals surface area (Å²) in [5.74, 6) is 0.839. The molecule has 0 saturated heterocycles. The number of hydrogen-bond acceptors (Lipinski definition) is 5. The molecule has 25 heavy (non-hydrogen) atoms. The van der Waals surface area contributed by atoms with Gasteiger partial charge in [0.15, 0.2) is 11.5 Å². The van der Waals surface area contributed by atoms with Crippen LogP contribution in [0.1, 0.15) is 11.5 Å². The first-order chi connectivity index (χ1) is 11.8. The van der Waals surface area contributed by atoms with Crippen molar-refractivity contribution in [2.75, 3.05) is 11.9 Å². The molecule has 0 N–H and O–H groups in total. The van der Waals surface area contributed by atoms with Crippen LogP contribution in [-0.4, -0.2) is 31.6 Å². The highest BCUT2D eigenvalue weighted by Gasteiger charge is 2.34. The van der Waals surface area contributed by atoms with Gasteiger partial charge in [0.25, 0.3) is 0 Å². The molecule has 0 aromatic carbocycles. The molecule has 0 aliphatic rings. The third-order valence-corrected chi connectivity index (χ3v) is 3.61. The maximum absolute atomic E-state index is 13.2. The summed E-state index contributed by atoms with van der Waals surface area (Å²) >= 11 is 0. The van der Waals surface area contributed by atoms with Gasteiger partial charge in [-0.15, -0.1) is 0 Å². The Morgan fingerprint density at radius 3 is 2.60 bits per heavy atom. The molecule has 0 atom stereocenters. The fraction of sp³-hybridized carbons (Fsp3) is 0.250. The molecule has 0 aliphatic heterocycles. The van der Waals surface area contributed by atoms with Crippen LogP contribution in [0.5, 0.6) is 0 Å². The lowest BCUT2D eigenvalue weighted by Crippen LogP contribution is -2.22. The van der Waals surface area contributed by atoms with E-state index in [1.54, 1.807) is 41.0 Å². The van der Waals surface area contributed by atoms with Crippen LogP contribution >= 0.6 is 0 Å². The van der Waals surface area contributed by atoms with E-state index in [0.717, 1.165) is 6.07 Å². The number of alkyl halides is 3. The average molecular weight is 348 g/mol. The molecular weight excluding hydrogens is 333 g/mol. The van der Waals surface area contributed by atoms with E-state index < -0.39 is 11.9 Å². The molecule has 0 aliphatic carbocycles. The summed E-state index contributed by atoms with van der Waals surface area (Å²) in [5.41, 5.74) is -0.580. The molecule has 3 heterocycles. The zero-order valence-corrected chi connectivity index (χ0v) is 13.6. The Kier molecular flexibility index (Phi) is 4.39. The number of pyridine rings is 1. The fourth-order valence-electron chi connectivity index (χ4n) is 2.24. The standard InChI is InChI=1S/C16H15F3N6/c1-24-7-6-21-14(24)10-25(2)13-8-12(16(17,18)19)22-15(23-13)11-4-3-5-20-9-11/h3-9H,10H2,1-2H3. The molecule has 3 aromatic rings. The smallest absolute Gasteiger partial charge is 0.352 e. The molecule has 9 heteroatoms. The van der Waals surface area contributed by atoms with Crippen molar-refractivity contribution >= 4 is 5.82 Å². The number of hydrogen-bond donors (Lipinski definition) is 0. The van der Waals surface area contributed by atoms with E-state index >= 15 is 0 Å². The molecule has 6 nitrogen and oxygen atoms in total. The van der Waals surface area contributed by atoms with Gasteiger partial charge in [0.1, 0.15) is 11.6 Å². The summed E-state index contributed by atoms with van der Waals surface area (Å²) in [6.07, 6.45) is 1.79. The molecule has 130 valence electrons. The first-order valence-corrected chi connectivity index (χ1v) is 7.38. The van der Waals surface area contributed by atoms with Crippen molar-refractivity contribution in [3.8, 4) is 11.4 Å². The number of anilines is 1. The van der Waals surface area contributed by atoms with Gasteiger partial charge in [0.05, 0.1) is 6.54 Å². The monoisotopic (exact) mass is 348 g/mol. The summed E-state index contributed by atoms with van der Waals surface area (Å²) in [6, 6.07) is 4.17. The minimum absolute atomic E-state index is 0.0235. The third kappa shape index (κ3) is 3.76. The first kappa shape index (κ1) is 16.9. The molecular formula is C16H15F3N6. The van der Waals surface area contributed by atoms with E-state index in [-0.39, 0.29) is 11.6 Å². The number of nitrogens with zero attached hydrogens (tertiary/aromatic N) is 6. The summed E-state index contributed by atoms with van der Waals surface area (Å²) in [7, 11) is 3.47. The van der Waals surface area contributed by atoms with Gasteiger partial charge in [0.2, 0.25) is 0 Å². The maximum atomic E-state index is 13.2. The van der Waals surface area contributed by atoms with Crippen molar-refractivity contribution in [3.05, 3.63) is 54.5 Å². The summed E-state index contributed by atoms with van der Waals surface area (Å²) in [5, 5.41) is 0. The van der Waals surface area contributed by atoms with Gasteiger partial charge >= 0.3 is 6.18 Å². The Hall–Kier alpha value is -2.97. The minimum atomic E-state index is -4.57. The van der Waals surface area contributed by atoms with Crippen LogP contribution in [0.2, 0.25) is 0 Å². The SMILES string of the molecule is CN(Cc1nccn1C)c1cc(C(F)(F)F)nc(-c2cccnc2)n1. The highest BCUT2D eigenvalue weighted by molar-refractivity contribution is 5.57. The number of halogens is 3. The van der Waals surface area contributed by atoms with Crippen molar-refractivity contribution < 1.29 is 13.2 Å². The summed E-state index contributed by atoms with van der Waals surface area (Å²) in [6.45, 7) is 0.310. The lowest BCUT2D eigenvalue weighted by atomic mass is 10.2. The molecule has 0 amide bonds. The van der Waals surface area contributed by atoms with Crippen LogP contribution in [0.15, 0.2) is 43.0 Å². The van der Waals surface area contributed by atoms with Gasteiger partial charge in [-0.3, -0.25) is 4.98 Å².